The summed E-state index contributed by atoms with van der Waals surface area (Å²) < 4.78 is -0.251. The van der Waals surface area contributed by atoms with Gasteiger partial charge in [0.25, 0.3) is 0 Å². The number of carbonyl (C=O) groups excluding carboxylic acids is 1. The first kappa shape index (κ1) is 9.17. The fourth-order valence-electron chi connectivity index (χ4n) is 0.857. The molecule has 1 aromatic carbocycles. The van der Waals surface area contributed by atoms with E-state index >= 15 is 0 Å². The Kier molecular flexibility index (Phi) is 3.20. The maximum atomic E-state index is 11.0. The van der Waals surface area contributed by atoms with E-state index < -0.39 is 0 Å². The first-order valence-corrected chi connectivity index (χ1v) is 4.36. The van der Waals surface area contributed by atoms with Gasteiger partial charge in [0.2, 0.25) is 0 Å². The fraction of sp³-hybridized carbons (Fsp3) is 0.111. The first-order chi connectivity index (χ1) is 5.70. The van der Waals surface area contributed by atoms with E-state index in [1.807, 2.05) is 30.3 Å². The minimum absolute atomic E-state index is 0.250. The monoisotopic (exact) mass is 228 g/mol. The molecule has 0 fully saturated rings. The SMILES string of the molecule is O=C(Cc1ccccc1)C(O)=[Se]. The van der Waals surface area contributed by atoms with Crippen molar-refractivity contribution in [3.8, 4) is 0 Å². The van der Waals surface area contributed by atoms with Gasteiger partial charge in [-0.3, -0.25) is 0 Å². The van der Waals surface area contributed by atoms with Crippen LogP contribution >= 0.6 is 0 Å². The van der Waals surface area contributed by atoms with Gasteiger partial charge in [-0.05, 0) is 0 Å². The van der Waals surface area contributed by atoms with E-state index in [4.69, 9.17) is 5.11 Å². The Labute approximate surface area is 78.6 Å². The van der Waals surface area contributed by atoms with Gasteiger partial charge in [0.1, 0.15) is 0 Å². The molecular weight excluding hydrogens is 219 g/mol. The zero-order valence-electron chi connectivity index (χ0n) is 6.36. The molecule has 0 bridgehead atoms. The molecule has 2 nitrogen and oxygen atoms in total. The van der Waals surface area contributed by atoms with Crippen molar-refractivity contribution < 1.29 is 9.90 Å². The number of hydrogen-bond donors (Lipinski definition) is 1. The normalized spacial score (nSPS) is 9.33. The molecule has 1 N–H and O–H groups in total. The molecule has 0 aliphatic heterocycles. The van der Waals surface area contributed by atoms with Crippen LogP contribution in [0, 0.1) is 0 Å². The molecule has 12 heavy (non-hydrogen) atoms. The molecule has 62 valence electrons. The predicted molar refractivity (Wildman–Crippen MR) is 47.8 cm³/mol. The summed E-state index contributed by atoms with van der Waals surface area (Å²) in [6.07, 6.45) is 0.250. The Bertz CT molecular complexity index is 293. The molecular formula is C9H8O2Se. The standard InChI is InChI=1S/C9H8O2Se/c10-8(9(11)12)6-7-4-2-1-3-5-7/h1-5H,6H2,(H,11,12). The maximum absolute atomic E-state index is 11.0. The van der Waals surface area contributed by atoms with Gasteiger partial charge < -0.3 is 0 Å². The van der Waals surface area contributed by atoms with Crippen molar-refractivity contribution in [2.24, 2.45) is 0 Å². The van der Waals surface area contributed by atoms with E-state index in [1.165, 1.54) is 0 Å². The van der Waals surface area contributed by atoms with E-state index in [9.17, 15) is 4.79 Å². The van der Waals surface area contributed by atoms with E-state index in [1.54, 1.807) is 0 Å². The fourth-order valence-corrected chi connectivity index (χ4v) is 1.01. The van der Waals surface area contributed by atoms with Crippen LogP contribution in [0.4, 0.5) is 0 Å². The second kappa shape index (κ2) is 4.19. The first-order valence-electron chi connectivity index (χ1n) is 3.50. The number of rotatable bonds is 3. The minimum atomic E-state index is -0.277. The van der Waals surface area contributed by atoms with Crippen LogP contribution in [0.3, 0.4) is 0 Å². The van der Waals surface area contributed by atoms with Gasteiger partial charge in [-0.15, -0.1) is 0 Å². The molecule has 0 radical (unpaired) electrons. The summed E-state index contributed by atoms with van der Waals surface area (Å²) in [5.74, 6) is -0.277. The number of aliphatic hydroxyl groups is 1. The van der Waals surface area contributed by atoms with E-state index in [-0.39, 0.29) is 16.8 Å². The number of aliphatic hydroxyl groups excluding tert-OH is 1. The van der Waals surface area contributed by atoms with Crippen LogP contribution < -0.4 is 0 Å². The van der Waals surface area contributed by atoms with Crippen LogP contribution in [0.2, 0.25) is 0 Å². The van der Waals surface area contributed by atoms with Crippen LogP contribution in [-0.4, -0.2) is 31.1 Å². The Hall–Kier alpha value is -0.921. The average molecular weight is 227 g/mol. The van der Waals surface area contributed by atoms with Crippen LogP contribution in [0.5, 0.6) is 0 Å². The zero-order valence-corrected chi connectivity index (χ0v) is 8.07. The molecule has 0 heterocycles. The summed E-state index contributed by atoms with van der Waals surface area (Å²) in [7, 11) is 0. The summed E-state index contributed by atoms with van der Waals surface area (Å²) in [6, 6.07) is 9.30. The molecule has 0 unspecified atom stereocenters. The van der Waals surface area contributed by atoms with Gasteiger partial charge in [0.05, 0.1) is 0 Å². The molecule has 0 saturated carbocycles. The second-order valence-electron chi connectivity index (χ2n) is 2.39. The summed E-state index contributed by atoms with van der Waals surface area (Å²) >= 11 is 2.28. The summed E-state index contributed by atoms with van der Waals surface area (Å²) in [5, 5.41) is 8.79. The van der Waals surface area contributed by atoms with Crippen molar-refractivity contribution in [1.29, 1.82) is 0 Å². The van der Waals surface area contributed by atoms with Gasteiger partial charge in [0.15, 0.2) is 0 Å². The quantitative estimate of drug-likeness (QED) is 0.762. The van der Waals surface area contributed by atoms with Gasteiger partial charge >= 0.3 is 78.2 Å². The van der Waals surface area contributed by atoms with Crippen LogP contribution in [-0.2, 0) is 11.2 Å². The van der Waals surface area contributed by atoms with Crippen LogP contribution in [0.25, 0.3) is 0 Å². The molecule has 3 heteroatoms. The third-order valence-corrected chi connectivity index (χ3v) is 1.92. The van der Waals surface area contributed by atoms with Crippen molar-refractivity contribution in [3.63, 3.8) is 0 Å². The third-order valence-electron chi connectivity index (χ3n) is 1.45. The van der Waals surface area contributed by atoms with Crippen molar-refractivity contribution >= 4 is 26.0 Å². The van der Waals surface area contributed by atoms with Gasteiger partial charge in [-0.1, -0.05) is 0 Å². The van der Waals surface area contributed by atoms with Crippen molar-refractivity contribution in [3.05, 3.63) is 35.9 Å². The predicted octanol–water partition coefficient (Wildman–Crippen LogP) is 0.469. The van der Waals surface area contributed by atoms with E-state index in [2.05, 4.69) is 15.6 Å². The number of carbonyl (C=O) groups is 1. The second-order valence-corrected chi connectivity index (χ2v) is 3.20. The number of benzene rings is 1. The molecule has 0 atom stereocenters. The molecule has 1 rings (SSSR count). The van der Waals surface area contributed by atoms with Gasteiger partial charge in [0, 0.05) is 0 Å². The topological polar surface area (TPSA) is 37.3 Å². The Morgan fingerprint density at radius 3 is 2.42 bits per heavy atom. The molecule has 0 saturated heterocycles. The van der Waals surface area contributed by atoms with Crippen molar-refractivity contribution in [1.82, 2.24) is 0 Å². The zero-order chi connectivity index (χ0) is 8.97. The molecule has 0 aliphatic rings. The van der Waals surface area contributed by atoms with E-state index in [0.29, 0.717) is 0 Å². The van der Waals surface area contributed by atoms with Gasteiger partial charge in [-0.2, -0.15) is 0 Å². The Morgan fingerprint density at radius 2 is 1.92 bits per heavy atom. The molecule has 0 aromatic heterocycles. The average Bonchev–Trinajstić information content (AvgIpc) is 2.06. The Balaban J connectivity index is 2.65. The van der Waals surface area contributed by atoms with Gasteiger partial charge in [-0.25, -0.2) is 0 Å². The molecule has 0 amide bonds. The van der Waals surface area contributed by atoms with Crippen LogP contribution in [0.1, 0.15) is 5.56 Å². The summed E-state index contributed by atoms with van der Waals surface area (Å²) in [5.41, 5.74) is 0.907. The molecule has 0 aliphatic carbocycles. The molecule has 1 aromatic rings. The third kappa shape index (κ3) is 2.61. The molecule has 0 spiro atoms. The number of Topliss-reactive ketones (excluding diaryl/α,β-unsaturated/α-hetero) is 1. The summed E-state index contributed by atoms with van der Waals surface area (Å²) in [6.45, 7) is 0. The van der Waals surface area contributed by atoms with E-state index in [0.717, 1.165) is 5.56 Å². The van der Waals surface area contributed by atoms with Crippen molar-refractivity contribution in [2.75, 3.05) is 0 Å². The van der Waals surface area contributed by atoms with Crippen molar-refractivity contribution in [2.45, 2.75) is 6.42 Å². The Morgan fingerprint density at radius 1 is 1.33 bits per heavy atom. The summed E-state index contributed by atoms with van der Waals surface area (Å²) in [4.78, 5) is 11.0. The van der Waals surface area contributed by atoms with Crippen LogP contribution in [0.15, 0.2) is 30.3 Å². The number of ketones is 1. The number of hydrogen-bond acceptors (Lipinski definition) is 2.